The number of furan rings is 1. The third-order valence-corrected chi connectivity index (χ3v) is 9.74. The molecule has 4 aliphatic carbocycles. The van der Waals surface area contributed by atoms with Gasteiger partial charge < -0.3 is 14.3 Å². The Labute approximate surface area is 173 Å². The van der Waals surface area contributed by atoms with E-state index in [0.29, 0.717) is 29.4 Å². The zero-order valence-corrected chi connectivity index (χ0v) is 17.8. The molecule has 1 aromatic heterocycles. The van der Waals surface area contributed by atoms with Crippen molar-refractivity contribution in [1.82, 2.24) is 0 Å². The number of fused-ring (bicyclic) bond motifs is 6. The summed E-state index contributed by atoms with van der Waals surface area (Å²) in [6.45, 7) is 4.71. The van der Waals surface area contributed by atoms with E-state index in [1.54, 1.807) is 0 Å². The largest absolute Gasteiger partial charge is 0.463 e. The number of ether oxygens (including phenoxy) is 1. The lowest BCUT2D eigenvalue weighted by molar-refractivity contribution is -0.128. The number of carbonyl (C=O) groups excluding carboxylic acids is 1. The monoisotopic (exact) mass is 396 g/mol. The van der Waals surface area contributed by atoms with Crippen LogP contribution in [0.25, 0.3) is 0 Å². The lowest BCUT2D eigenvalue weighted by Crippen LogP contribution is -2.56. The highest BCUT2D eigenvalue weighted by molar-refractivity contribution is 5.86. The van der Waals surface area contributed by atoms with Gasteiger partial charge in [-0.25, -0.2) is 4.79 Å². The number of carbonyl (C=O) groups is 1. The summed E-state index contributed by atoms with van der Waals surface area (Å²) < 4.78 is 10.7. The van der Waals surface area contributed by atoms with E-state index in [2.05, 4.69) is 19.8 Å². The minimum atomic E-state index is -0.944. The van der Waals surface area contributed by atoms with Crippen LogP contribution in [-0.4, -0.2) is 23.8 Å². The van der Waals surface area contributed by atoms with Crippen molar-refractivity contribution in [1.29, 1.82) is 0 Å². The van der Waals surface area contributed by atoms with Gasteiger partial charge in [0.1, 0.15) is 11.4 Å². The molecule has 4 heteroatoms. The maximum Gasteiger partial charge on any atom is 0.373 e. The highest BCUT2D eigenvalue weighted by atomic mass is 16.5. The van der Waals surface area contributed by atoms with Crippen LogP contribution in [-0.2, 0) is 17.6 Å². The SMILES string of the molecule is C#C[C@]1(O)CC[C@H]2[C@@H]3CC[C@H]4Cc5oc(C(=O)OC)cc5C[C@]4(C)[C@H]3CC[C@@]21C. The van der Waals surface area contributed by atoms with Crippen molar-refractivity contribution >= 4 is 5.97 Å². The van der Waals surface area contributed by atoms with Crippen molar-refractivity contribution in [3.63, 3.8) is 0 Å². The molecule has 5 rings (SSSR count). The summed E-state index contributed by atoms with van der Waals surface area (Å²) in [5, 5.41) is 11.2. The number of aliphatic hydroxyl groups is 1. The third-order valence-electron chi connectivity index (χ3n) is 9.74. The van der Waals surface area contributed by atoms with Crippen molar-refractivity contribution in [3.05, 3.63) is 23.2 Å². The van der Waals surface area contributed by atoms with E-state index in [9.17, 15) is 9.90 Å². The molecule has 1 aromatic rings. The summed E-state index contributed by atoms with van der Waals surface area (Å²) in [6, 6.07) is 1.91. The highest BCUT2D eigenvalue weighted by Crippen LogP contribution is 2.67. The Hall–Kier alpha value is -1.73. The average molecular weight is 397 g/mol. The van der Waals surface area contributed by atoms with Crippen LogP contribution in [0, 0.1) is 46.8 Å². The lowest BCUT2D eigenvalue weighted by atomic mass is 9.44. The fraction of sp³-hybridized carbons (Fsp3) is 0.720. The van der Waals surface area contributed by atoms with Crippen LogP contribution >= 0.6 is 0 Å². The Balaban J connectivity index is 1.47. The number of esters is 1. The van der Waals surface area contributed by atoms with Gasteiger partial charge in [-0.2, -0.15) is 0 Å². The smallest absolute Gasteiger partial charge is 0.373 e. The van der Waals surface area contributed by atoms with Crippen LogP contribution in [0.5, 0.6) is 0 Å². The summed E-state index contributed by atoms with van der Waals surface area (Å²) in [6.07, 6.45) is 14.0. The van der Waals surface area contributed by atoms with E-state index < -0.39 is 11.6 Å². The molecule has 0 saturated heterocycles. The normalized spacial score (nSPS) is 45.3. The Morgan fingerprint density at radius 1 is 1.24 bits per heavy atom. The third kappa shape index (κ3) is 2.40. The topological polar surface area (TPSA) is 59.7 Å². The van der Waals surface area contributed by atoms with Crippen LogP contribution < -0.4 is 0 Å². The molecule has 1 N–H and O–H groups in total. The summed E-state index contributed by atoms with van der Waals surface area (Å²) in [4.78, 5) is 11.9. The van der Waals surface area contributed by atoms with Gasteiger partial charge in [-0.15, -0.1) is 6.42 Å². The molecule has 0 bridgehead atoms. The minimum absolute atomic E-state index is 0.153. The second kappa shape index (κ2) is 6.14. The number of methoxy groups -OCH3 is 1. The highest BCUT2D eigenvalue weighted by Gasteiger charge is 2.64. The number of hydrogen-bond acceptors (Lipinski definition) is 4. The van der Waals surface area contributed by atoms with Gasteiger partial charge in [0.05, 0.1) is 7.11 Å². The molecule has 4 nitrogen and oxygen atoms in total. The predicted molar refractivity (Wildman–Crippen MR) is 109 cm³/mol. The fourth-order valence-corrected chi connectivity index (χ4v) is 8.02. The van der Waals surface area contributed by atoms with Gasteiger partial charge in [0, 0.05) is 11.8 Å². The Bertz CT molecular complexity index is 893. The molecule has 4 aliphatic rings. The Morgan fingerprint density at radius 2 is 2.00 bits per heavy atom. The zero-order chi connectivity index (χ0) is 20.6. The van der Waals surface area contributed by atoms with Gasteiger partial charge in [-0.05, 0) is 85.7 Å². The first-order valence-electron chi connectivity index (χ1n) is 11.2. The van der Waals surface area contributed by atoms with E-state index in [-0.39, 0.29) is 10.8 Å². The maximum atomic E-state index is 11.9. The van der Waals surface area contributed by atoms with Crippen molar-refractivity contribution in [3.8, 4) is 12.3 Å². The van der Waals surface area contributed by atoms with E-state index in [1.165, 1.54) is 25.5 Å². The van der Waals surface area contributed by atoms with Gasteiger partial charge in [-0.3, -0.25) is 0 Å². The summed E-state index contributed by atoms with van der Waals surface area (Å²) in [7, 11) is 1.40. The average Bonchev–Trinajstić information content (AvgIpc) is 3.23. The van der Waals surface area contributed by atoms with Crippen LogP contribution in [0.3, 0.4) is 0 Å². The molecular weight excluding hydrogens is 364 g/mol. The first-order valence-corrected chi connectivity index (χ1v) is 11.2. The van der Waals surface area contributed by atoms with Crippen molar-refractivity contribution in [2.75, 3.05) is 7.11 Å². The first-order chi connectivity index (χ1) is 13.8. The molecule has 0 spiro atoms. The van der Waals surface area contributed by atoms with Crippen LogP contribution in [0.15, 0.2) is 10.5 Å². The van der Waals surface area contributed by atoms with E-state index in [0.717, 1.165) is 44.3 Å². The van der Waals surface area contributed by atoms with Crippen molar-refractivity contribution < 1.29 is 19.1 Å². The quantitative estimate of drug-likeness (QED) is 0.565. The van der Waals surface area contributed by atoms with E-state index >= 15 is 0 Å². The Kier molecular flexibility index (Phi) is 4.07. The standard InChI is InChI=1S/C25H32O4/c1-5-25(27)11-9-19-17-7-6-16-13-20-15(12-21(29-20)22(26)28-4)14-23(16,2)18(17)8-10-24(19,25)3/h1,12,16-19,27H,6-11,13-14H2,2-4H3/t16-,17+,18-,19-,23-,24-,25-/m0/s1. The Morgan fingerprint density at radius 3 is 2.72 bits per heavy atom. The van der Waals surface area contributed by atoms with Gasteiger partial charge >= 0.3 is 5.97 Å². The van der Waals surface area contributed by atoms with Crippen LogP contribution in [0.1, 0.15) is 74.3 Å². The second-order valence-corrected chi connectivity index (χ2v) is 10.6. The molecule has 29 heavy (non-hydrogen) atoms. The van der Waals surface area contributed by atoms with Gasteiger partial charge in [0.15, 0.2) is 0 Å². The molecule has 7 atom stereocenters. The molecule has 0 radical (unpaired) electrons. The maximum absolute atomic E-state index is 11.9. The summed E-state index contributed by atoms with van der Waals surface area (Å²) >= 11 is 0. The number of hydrogen-bond donors (Lipinski definition) is 1. The van der Waals surface area contributed by atoms with Crippen LogP contribution in [0.2, 0.25) is 0 Å². The molecule has 0 aliphatic heterocycles. The zero-order valence-electron chi connectivity index (χ0n) is 17.8. The molecule has 0 unspecified atom stereocenters. The van der Waals surface area contributed by atoms with Crippen LogP contribution in [0.4, 0.5) is 0 Å². The van der Waals surface area contributed by atoms with Gasteiger partial charge in [-0.1, -0.05) is 19.8 Å². The molecule has 156 valence electrons. The minimum Gasteiger partial charge on any atom is -0.463 e. The molecule has 3 saturated carbocycles. The second-order valence-electron chi connectivity index (χ2n) is 10.6. The molecule has 1 heterocycles. The number of terminal acetylenes is 1. The van der Waals surface area contributed by atoms with Gasteiger partial charge in [0.25, 0.3) is 0 Å². The molecule has 3 fully saturated rings. The molecule has 0 amide bonds. The fourth-order valence-electron chi connectivity index (χ4n) is 8.02. The van der Waals surface area contributed by atoms with E-state index in [1.807, 2.05) is 6.07 Å². The molecule has 0 aromatic carbocycles. The van der Waals surface area contributed by atoms with E-state index in [4.69, 9.17) is 15.6 Å². The predicted octanol–water partition coefficient (Wildman–Crippen LogP) is 4.39. The first kappa shape index (κ1) is 19.2. The van der Waals surface area contributed by atoms with Gasteiger partial charge in [0.2, 0.25) is 5.76 Å². The summed E-state index contributed by atoms with van der Waals surface area (Å²) in [5.74, 6) is 6.07. The van der Waals surface area contributed by atoms with Crippen molar-refractivity contribution in [2.45, 2.75) is 70.8 Å². The lowest BCUT2D eigenvalue weighted by Gasteiger charge is -2.60. The number of rotatable bonds is 1. The van der Waals surface area contributed by atoms with Crippen molar-refractivity contribution in [2.24, 2.45) is 34.5 Å². The molecular formula is C25H32O4. The summed E-state index contributed by atoms with van der Waals surface area (Å²) in [5.41, 5.74) is 0.301.